The van der Waals surface area contributed by atoms with E-state index < -0.39 is 29.6 Å². The third-order valence-electron chi connectivity index (χ3n) is 5.38. The molecule has 1 fully saturated rings. The van der Waals surface area contributed by atoms with Crippen LogP contribution in [0, 0.1) is 0 Å². The highest BCUT2D eigenvalue weighted by Gasteiger charge is 2.44. The molecule has 1 N–H and O–H groups in total. The Kier molecular flexibility index (Phi) is 7.48. The highest BCUT2D eigenvalue weighted by atomic mass is 16.5. The van der Waals surface area contributed by atoms with Crippen LogP contribution in [0.2, 0.25) is 0 Å². The molecule has 1 aliphatic rings. The van der Waals surface area contributed by atoms with Gasteiger partial charge in [0.05, 0.1) is 6.42 Å². The normalized spacial score (nSPS) is 15.7. The van der Waals surface area contributed by atoms with Crippen LogP contribution in [-0.4, -0.2) is 51.8 Å². The first-order chi connectivity index (χ1) is 15.7. The van der Waals surface area contributed by atoms with Crippen LogP contribution >= 0.6 is 0 Å². The molecule has 1 saturated heterocycles. The molecule has 1 atom stereocenters. The molecule has 8 heteroatoms. The standard InChI is InChI=1S/C25H29N3O5/c1-18(33-21(29)14-15-28-23(31)25(2,3)26-24(28)32)22(30)27(16-19-10-6-4-7-11-19)17-20-12-8-5-9-13-20/h4-13,18H,14-17H2,1-3H3,(H,26,32). The van der Waals surface area contributed by atoms with Gasteiger partial charge in [0.1, 0.15) is 5.54 Å². The molecule has 0 saturated carbocycles. The van der Waals surface area contributed by atoms with Crippen LogP contribution in [0.15, 0.2) is 60.7 Å². The molecule has 4 amide bonds. The summed E-state index contributed by atoms with van der Waals surface area (Å²) in [5.74, 6) is -1.38. The Balaban J connectivity index is 1.61. The molecular formula is C25H29N3O5. The largest absolute Gasteiger partial charge is 0.452 e. The summed E-state index contributed by atoms with van der Waals surface area (Å²) < 4.78 is 5.35. The van der Waals surface area contributed by atoms with Crippen LogP contribution in [0.5, 0.6) is 0 Å². The molecule has 2 aromatic carbocycles. The summed E-state index contributed by atoms with van der Waals surface area (Å²) in [5, 5.41) is 2.56. The Morgan fingerprint density at radius 3 is 1.94 bits per heavy atom. The number of nitrogens with zero attached hydrogens (tertiary/aromatic N) is 2. The van der Waals surface area contributed by atoms with Gasteiger partial charge in [-0.1, -0.05) is 60.7 Å². The Hall–Kier alpha value is -3.68. The minimum atomic E-state index is -1.01. The van der Waals surface area contributed by atoms with E-state index in [-0.39, 0.29) is 18.9 Å². The topological polar surface area (TPSA) is 96.0 Å². The van der Waals surface area contributed by atoms with E-state index in [2.05, 4.69) is 5.32 Å². The van der Waals surface area contributed by atoms with Crippen molar-refractivity contribution in [1.82, 2.24) is 15.1 Å². The van der Waals surface area contributed by atoms with Gasteiger partial charge in [-0.25, -0.2) is 4.79 Å². The summed E-state index contributed by atoms with van der Waals surface area (Å²) in [5.41, 5.74) is 0.919. The van der Waals surface area contributed by atoms with E-state index in [0.717, 1.165) is 16.0 Å². The van der Waals surface area contributed by atoms with Crippen molar-refractivity contribution in [3.05, 3.63) is 71.8 Å². The Morgan fingerprint density at radius 2 is 1.48 bits per heavy atom. The van der Waals surface area contributed by atoms with Crippen molar-refractivity contribution in [2.75, 3.05) is 6.54 Å². The number of urea groups is 1. The maximum Gasteiger partial charge on any atom is 0.325 e. The van der Waals surface area contributed by atoms with Gasteiger partial charge < -0.3 is 15.0 Å². The summed E-state index contributed by atoms with van der Waals surface area (Å²) in [4.78, 5) is 52.4. The summed E-state index contributed by atoms with van der Waals surface area (Å²) in [6, 6.07) is 18.6. The molecule has 8 nitrogen and oxygen atoms in total. The molecule has 33 heavy (non-hydrogen) atoms. The van der Waals surface area contributed by atoms with E-state index in [1.54, 1.807) is 18.7 Å². The number of rotatable bonds is 9. The van der Waals surface area contributed by atoms with Gasteiger partial charge in [0, 0.05) is 19.6 Å². The van der Waals surface area contributed by atoms with E-state index >= 15 is 0 Å². The number of hydrogen-bond acceptors (Lipinski definition) is 5. The van der Waals surface area contributed by atoms with Gasteiger partial charge in [0.2, 0.25) is 0 Å². The maximum atomic E-state index is 13.2. The smallest absolute Gasteiger partial charge is 0.325 e. The highest BCUT2D eigenvalue weighted by Crippen LogP contribution is 2.17. The van der Waals surface area contributed by atoms with Crippen molar-refractivity contribution >= 4 is 23.8 Å². The van der Waals surface area contributed by atoms with Crippen molar-refractivity contribution < 1.29 is 23.9 Å². The lowest BCUT2D eigenvalue weighted by Gasteiger charge is -2.26. The molecule has 1 unspecified atom stereocenters. The number of hydrogen-bond donors (Lipinski definition) is 1. The van der Waals surface area contributed by atoms with E-state index in [0.29, 0.717) is 13.1 Å². The van der Waals surface area contributed by atoms with Crippen LogP contribution < -0.4 is 5.32 Å². The zero-order valence-electron chi connectivity index (χ0n) is 19.1. The summed E-state index contributed by atoms with van der Waals surface area (Å²) in [6.45, 7) is 5.36. The second-order valence-electron chi connectivity index (χ2n) is 8.56. The highest BCUT2D eigenvalue weighted by molar-refractivity contribution is 6.06. The average molecular weight is 452 g/mol. The zero-order chi connectivity index (χ0) is 24.0. The van der Waals surface area contributed by atoms with Crippen LogP contribution in [0.3, 0.4) is 0 Å². The summed E-state index contributed by atoms with van der Waals surface area (Å²) >= 11 is 0. The van der Waals surface area contributed by atoms with Gasteiger partial charge in [-0.15, -0.1) is 0 Å². The number of imide groups is 1. The number of amides is 4. The third kappa shape index (κ3) is 6.19. The predicted octanol–water partition coefficient (Wildman–Crippen LogP) is 2.87. The van der Waals surface area contributed by atoms with Gasteiger partial charge in [-0.05, 0) is 31.9 Å². The molecule has 0 spiro atoms. The van der Waals surface area contributed by atoms with Crippen molar-refractivity contribution in [3.63, 3.8) is 0 Å². The molecule has 0 radical (unpaired) electrons. The average Bonchev–Trinajstić information content (AvgIpc) is 2.98. The minimum Gasteiger partial charge on any atom is -0.452 e. The van der Waals surface area contributed by atoms with E-state index in [9.17, 15) is 19.2 Å². The first-order valence-corrected chi connectivity index (χ1v) is 10.9. The third-order valence-corrected chi connectivity index (χ3v) is 5.38. The fourth-order valence-corrected chi connectivity index (χ4v) is 3.61. The van der Waals surface area contributed by atoms with Crippen molar-refractivity contribution in [2.45, 2.75) is 51.9 Å². The lowest BCUT2D eigenvalue weighted by molar-refractivity contribution is -0.160. The molecular weight excluding hydrogens is 422 g/mol. The lowest BCUT2D eigenvalue weighted by Crippen LogP contribution is -2.41. The second-order valence-corrected chi connectivity index (χ2v) is 8.56. The Morgan fingerprint density at radius 1 is 0.970 bits per heavy atom. The number of nitrogens with one attached hydrogen (secondary N) is 1. The predicted molar refractivity (Wildman–Crippen MR) is 122 cm³/mol. The van der Waals surface area contributed by atoms with E-state index in [4.69, 9.17) is 4.74 Å². The number of ether oxygens (including phenoxy) is 1. The summed E-state index contributed by atoms with van der Waals surface area (Å²) in [7, 11) is 0. The molecule has 1 heterocycles. The quantitative estimate of drug-likeness (QED) is 0.467. The minimum absolute atomic E-state index is 0.106. The van der Waals surface area contributed by atoms with Crippen LogP contribution in [-0.2, 0) is 32.2 Å². The molecule has 0 bridgehead atoms. The SMILES string of the molecule is CC(OC(=O)CCN1C(=O)NC(C)(C)C1=O)C(=O)N(Cc1ccccc1)Cc1ccccc1. The summed E-state index contributed by atoms with van der Waals surface area (Å²) in [6.07, 6.45) is -1.20. The second kappa shape index (κ2) is 10.3. The molecule has 174 valence electrons. The van der Waals surface area contributed by atoms with Gasteiger partial charge >= 0.3 is 12.0 Å². The van der Waals surface area contributed by atoms with Gasteiger partial charge in [-0.3, -0.25) is 19.3 Å². The van der Waals surface area contributed by atoms with Crippen molar-refractivity contribution in [3.8, 4) is 0 Å². The van der Waals surface area contributed by atoms with Crippen LogP contribution in [0.4, 0.5) is 4.79 Å². The monoisotopic (exact) mass is 451 g/mol. The molecule has 1 aliphatic heterocycles. The fourth-order valence-electron chi connectivity index (χ4n) is 3.61. The first-order valence-electron chi connectivity index (χ1n) is 10.9. The fraction of sp³-hybridized carbons (Fsp3) is 0.360. The van der Waals surface area contributed by atoms with E-state index in [1.807, 2.05) is 60.7 Å². The molecule has 0 aromatic heterocycles. The van der Waals surface area contributed by atoms with Crippen molar-refractivity contribution in [1.29, 1.82) is 0 Å². The van der Waals surface area contributed by atoms with Crippen molar-refractivity contribution in [2.24, 2.45) is 0 Å². The molecule has 2 aromatic rings. The van der Waals surface area contributed by atoms with Gasteiger partial charge in [0.15, 0.2) is 6.10 Å². The van der Waals surface area contributed by atoms with Crippen LogP contribution in [0.1, 0.15) is 38.3 Å². The molecule has 3 rings (SSSR count). The number of carbonyl (C=O) groups is 4. The lowest BCUT2D eigenvalue weighted by atomic mass is 10.1. The van der Waals surface area contributed by atoms with E-state index in [1.165, 1.54) is 6.92 Å². The number of carbonyl (C=O) groups excluding carboxylic acids is 4. The zero-order valence-corrected chi connectivity index (χ0v) is 19.1. The number of esters is 1. The van der Waals surface area contributed by atoms with Gasteiger partial charge in [0.25, 0.3) is 11.8 Å². The van der Waals surface area contributed by atoms with Crippen LogP contribution in [0.25, 0.3) is 0 Å². The first kappa shape index (κ1) is 24.0. The van der Waals surface area contributed by atoms with Gasteiger partial charge in [-0.2, -0.15) is 0 Å². The Bertz CT molecular complexity index is 966. The number of benzene rings is 2. The molecule has 0 aliphatic carbocycles. The maximum absolute atomic E-state index is 13.2. The Labute approximate surface area is 193 Å².